The van der Waals surface area contributed by atoms with Gasteiger partial charge in [0.2, 0.25) is 0 Å². The summed E-state index contributed by atoms with van der Waals surface area (Å²) in [7, 11) is 1.62. The summed E-state index contributed by atoms with van der Waals surface area (Å²) in [6.45, 7) is 4.05. The van der Waals surface area contributed by atoms with Crippen LogP contribution < -0.4 is 4.74 Å². The average molecular weight is 192 g/mol. The summed E-state index contributed by atoms with van der Waals surface area (Å²) in [6, 6.07) is 5.25. The van der Waals surface area contributed by atoms with Gasteiger partial charge in [0.05, 0.1) is 7.11 Å². The van der Waals surface area contributed by atoms with Gasteiger partial charge in [-0.25, -0.2) is 0 Å². The lowest BCUT2D eigenvalue weighted by Crippen LogP contribution is -1.86. The highest BCUT2D eigenvalue weighted by Gasteiger charge is 2.04. The maximum atomic E-state index is 9.63. The van der Waals surface area contributed by atoms with E-state index in [2.05, 4.69) is 13.0 Å². The van der Waals surface area contributed by atoms with Crippen LogP contribution in [-0.4, -0.2) is 12.2 Å². The van der Waals surface area contributed by atoms with Gasteiger partial charge in [0.15, 0.2) is 0 Å². The van der Waals surface area contributed by atoms with Crippen molar-refractivity contribution in [1.82, 2.24) is 0 Å². The third-order valence-electron chi connectivity index (χ3n) is 2.14. The van der Waals surface area contributed by atoms with E-state index in [4.69, 9.17) is 4.74 Å². The number of phenols is 1. The minimum Gasteiger partial charge on any atom is -0.507 e. The quantitative estimate of drug-likeness (QED) is 0.796. The van der Waals surface area contributed by atoms with Crippen molar-refractivity contribution in [3.05, 3.63) is 29.8 Å². The second-order valence-corrected chi connectivity index (χ2v) is 3.18. The molecular formula is C12H16O2. The van der Waals surface area contributed by atoms with Crippen molar-refractivity contribution in [1.29, 1.82) is 0 Å². The standard InChI is InChI=1S/C12H16O2/c1-4-5-9(2)11-8-10(14-3)6-7-12(11)13/h5-8,13H,4H2,1-3H3/b9-5+. The van der Waals surface area contributed by atoms with E-state index in [1.54, 1.807) is 19.2 Å². The number of ether oxygens (including phenoxy) is 1. The van der Waals surface area contributed by atoms with Crippen molar-refractivity contribution in [2.24, 2.45) is 0 Å². The van der Waals surface area contributed by atoms with Crippen LogP contribution in [0.3, 0.4) is 0 Å². The summed E-state index contributed by atoms with van der Waals surface area (Å²) < 4.78 is 5.10. The number of phenolic OH excluding ortho intramolecular Hbond substituents is 1. The second-order valence-electron chi connectivity index (χ2n) is 3.18. The molecule has 14 heavy (non-hydrogen) atoms. The van der Waals surface area contributed by atoms with Crippen LogP contribution in [0.25, 0.3) is 5.57 Å². The highest BCUT2D eigenvalue weighted by molar-refractivity contribution is 5.69. The van der Waals surface area contributed by atoms with Gasteiger partial charge in [0.1, 0.15) is 11.5 Å². The van der Waals surface area contributed by atoms with E-state index in [9.17, 15) is 5.11 Å². The molecule has 0 aliphatic rings. The zero-order valence-corrected chi connectivity index (χ0v) is 8.87. The van der Waals surface area contributed by atoms with Crippen LogP contribution in [0.4, 0.5) is 0 Å². The molecule has 1 N–H and O–H groups in total. The van der Waals surface area contributed by atoms with Gasteiger partial charge in [-0.15, -0.1) is 0 Å². The second kappa shape index (κ2) is 4.70. The van der Waals surface area contributed by atoms with E-state index in [1.807, 2.05) is 13.0 Å². The number of rotatable bonds is 3. The number of benzene rings is 1. The van der Waals surface area contributed by atoms with Crippen LogP contribution in [0.1, 0.15) is 25.8 Å². The van der Waals surface area contributed by atoms with Crippen molar-refractivity contribution in [2.75, 3.05) is 7.11 Å². The van der Waals surface area contributed by atoms with Crippen LogP contribution in [-0.2, 0) is 0 Å². The molecule has 1 aromatic carbocycles. The number of hydrogen-bond acceptors (Lipinski definition) is 2. The first-order valence-electron chi connectivity index (χ1n) is 4.73. The first-order valence-corrected chi connectivity index (χ1v) is 4.73. The van der Waals surface area contributed by atoms with E-state index in [0.717, 1.165) is 23.3 Å². The Balaban J connectivity index is 3.12. The summed E-state index contributed by atoms with van der Waals surface area (Å²) in [5.41, 5.74) is 1.91. The molecule has 0 aliphatic heterocycles. The normalized spacial score (nSPS) is 11.5. The van der Waals surface area contributed by atoms with Gasteiger partial charge in [-0.1, -0.05) is 13.0 Å². The van der Waals surface area contributed by atoms with E-state index in [-0.39, 0.29) is 0 Å². The molecule has 1 aromatic rings. The summed E-state index contributed by atoms with van der Waals surface area (Å²) in [6.07, 6.45) is 3.04. The predicted octanol–water partition coefficient (Wildman–Crippen LogP) is 3.21. The molecule has 2 heteroatoms. The lowest BCUT2D eigenvalue weighted by atomic mass is 10.1. The van der Waals surface area contributed by atoms with E-state index >= 15 is 0 Å². The van der Waals surface area contributed by atoms with Crippen molar-refractivity contribution in [2.45, 2.75) is 20.3 Å². The Morgan fingerprint density at radius 3 is 2.79 bits per heavy atom. The Morgan fingerprint density at radius 2 is 2.21 bits per heavy atom. The van der Waals surface area contributed by atoms with Gasteiger partial charge in [0.25, 0.3) is 0 Å². The maximum absolute atomic E-state index is 9.63. The minimum atomic E-state index is 0.299. The third-order valence-corrected chi connectivity index (χ3v) is 2.14. The highest BCUT2D eigenvalue weighted by atomic mass is 16.5. The number of hydrogen-bond donors (Lipinski definition) is 1. The average Bonchev–Trinajstić information content (AvgIpc) is 2.19. The molecule has 0 unspecified atom stereocenters. The lowest BCUT2D eigenvalue weighted by molar-refractivity contribution is 0.412. The molecule has 0 fully saturated rings. The predicted molar refractivity (Wildman–Crippen MR) is 58.6 cm³/mol. The van der Waals surface area contributed by atoms with Gasteiger partial charge in [-0.2, -0.15) is 0 Å². The van der Waals surface area contributed by atoms with Crippen molar-refractivity contribution in [3.63, 3.8) is 0 Å². The van der Waals surface area contributed by atoms with Crippen molar-refractivity contribution < 1.29 is 9.84 Å². The van der Waals surface area contributed by atoms with Crippen LogP contribution in [0.2, 0.25) is 0 Å². The fourth-order valence-corrected chi connectivity index (χ4v) is 1.37. The molecule has 0 spiro atoms. The lowest BCUT2D eigenvalue weighted by Gasteiger charge is -2.07. The van der Waals surface area contributed by atoms with Gasteiger partial charge in [-0.3, -0.25) is 0 Å². The van der Waals surface area contributed by atoms with Crippen LogP contribution in [0, 0.1) is 0 Å². The summed E-state index contributed by atoms with van der Waals surface area (Å²) >= 11 is 0. The van der Waals surface area contributed by atoms with Gasteiger partial charge < -0.3 is 9.84 Å². The zero-order chi connectivity index (χ0) is 10.6. The number of allylic oxidation sites excluding steroid dienone is 2. The number of aromatic hydroxyl groups is 1. The molecule has 0 heterocycles. The van der Waals surface area contributed by atoms with Crippen LogP contribution >= 0.6 is 0 Å². The Kier molecular flexibility index (Phi) is 3.57. The Labute approximate surface area is 84.8 Å². The smallest absolute Gasteiger partial charge is 0.123 e. The Bertz CT molecular complexity index is 340. The number of methoxy groups -OCH3 is 1. The zero-order valence-electron chi connectivity index (χ0n) is 8.87. The summed E-state index contributed by atoms with van der Waals surface area (Å²) in [4.78, 5) is 0. The Hall–Kier alpha value is -1.44. The fourth-order valence-electron chi connectivity index (χ4n) is 1.37. The summed E-state index contributed by atoms with van der Waals surface area (Å²) in [5.74, 6) is 1.06. The SMILES string of the molecule is CC/C=C(\C)c1cc(OC)ccc1O. The molecule has 0 bridgehead atoms. The topological polar surface area (TPSA) is 29.5 Å². The maximum Gasteiger partial charge on any atom is 0.123 e. The molecule has 0 radical (unpaired) electrons. The molecule has 0 aliphatic carbocycles. The largest absolute Gasteiger partial charge is 0.507 e. The van der Waals surface area contributed by atoms with Crippen molar-refractivity contribution >= 4 is 5.57 Å². The monoisotopic (exact) mass is 192 g/mol. The molecule has 76 valence electrons. The van der Waals surface area contributed by atoms with E-state index in [0.29, 0.717) is 5.75 Å². The highest BCUT2D eigenvalue weighted by Crippen LogP contribution is 2.28. The van der Waals surface area contributed by atoms with Crippen LogP contribution in [0.15, 0.2) is 24.3 Å². The molecule has 2 nitrogen and oxygen atoms in total. The first kappa shape index (κ1) is 10.6. The summed E-state index contributed by atoms with van der Waals surface area (Å²) in [5, 5.41) is 9.63. The molecule has 0 amide bonds. The third kappa shape index (κ3) is 2.28. The van der Waals surface area contributed by atoms with Gasteiger partial charge in [0, 0.05) is 5.56 Å². The van der Waals surface area contributed by atoms with Crippen molar-refractivity contribution in [3.8, 4) is 11.5 Å². The van der Waals surface area contributed by atoms with Crippen LogP contribution in [0.5, 0.6) is 11.5 Å². The molecule has 1 rings (SSSR count). The molecule has 0 aromatic heterocycles. The minimum absolute atomic E-state index is 0.299. The van der Waals surface area contributed by atoms with E-state index in [1.165, 1.54) is 0 Å². The fraction of sp³-hybridized carbons (Fsp3) is 0.333. The first-order chi connectivity index (χ1) is 6.69. The Morgan fingerprint density at radius 1 is 1.50 bits per heavy atom. The molecular weight excluding hydrogens is 176 g/mol. The van der Waals surface area contributed by atoms with E-state index < -0.39 is 0 Å². The van der Waals surface area contributed by atoms with Gasteiger partial charge >= 0.3 is 0 Å². The molecule has 0 saturated heterocycles. The molecule has 0 atom stereocenters. The van der Waals surface area contributed by atoms with Gasteiger partial charge in [-0.05, 0) is 37.1 Å². The molecule has 0 saturated carbocycles.